The maximum absolute atomic E-state index is 12.8. The molecule has 1 aliphatic heterocycles. The average molecular weight is 372 g/mol. The van der Waals surface area contributed by atoms with Gasteiger partial charge >= 0.3 is 5.97 Å². The lowest BCUT2D eigenvalue weighted by atomic mass is 9.99. The van der Waals surface area contributed by atoms with Crippen LogP contribution in [0.4, 0.5) is 0 Å². The van der Waals surface area contributed by atoms with Crippen LogP contribution >= 0.6 is 22.7 Å². The fraction of sp³-hybridized carbons (Fsp3) is 0.278. The summed E-state index contributed by atoms with van der Waals surface area (Å²) in [4.78, 5) is 32.0. The summed E-state index contributed by atoms with van der Waals surface area (Å²) in [6, 6.07) is 11.6. The second-order valence-corrected chi connectivity index (χ2v) is 8.40. The molecule has 1 N–H and O–H groups in total. The molecule has 1 aliphatic rings. The Morgan fingerprint density at radius 3 is 2.76 bits per heavy atom. The van der Waals surface area contributed by atoms with Crippen molar-refractivity contribution in [1.82, 2.24) is 9.88 Å². The summed E-state index contributed by atoms with van der Waals surface area (Å²) < 4.78 is 1.11. The zero-order chi connectivity index (χ0) is 17.6. The van der Waals surface area contributed by atoms with E-state index in [9.17, 15) is 14.7 Å². The second kappa shape index (κ2) is 5.93. The first kappa shape index (κ1) is 16.2. The molecule has 1 saturated heterocycles. The van der Waals surface area contributed by atoms with Crippen molar-refractivity contribution >= 4 is 44.8 Å². The molecule has 0 aliphatic carbocycles. The number of carbonyl (C=O) groups excluding carboxylic acids is 1. The first-order chi connectivity index (χ1) is 12.0. The number of rotatable bonds is 3. The van der Waals surface area contributed by atoms with Crippen LogP contribution in [0.3, 0.4) is 0 Å². The van der Waals surface area contributed by atoms with Gasteiger partial charge in [0.05, 0.1) is 20.0 Å². The fourth-order valence-corrected chi connectivity index (χ4v) is 5.16. The summed E-state index contributed by atoms with van der Waals surface area (Å²) in [5, 5.41) is 10.4. The Bertz CT molecular complexity index is 945. The van der Waals surface area contributed by atoms with Crippen LogP contribution in [0.5, 0.6) is 0 Å². The molecule has 1 aromatic carbocycles. The Kier molecular flexibility index (Phi) is 3.85. The predicted octanol–water partition coefficient (Wildman–Crippen LogP) is 4.10. The molecule has 1 amide bonds. The highest BCUT2D eigenvalue weighted by Gasteiger charge is 2.46. The first-order valence-electron chi connectivity index (χ1n) is 8.00. The maximum atomic E-state index is 12.8. The third-order valence-corrected chi connectivity index (χ3v) is 6.95. The normalized spacial score (nSPS) is 20.3. The van der Waals surface area contributed by atoms with Crippen LogP contribution in [0.2, 0.25) is 0 Å². The molecule has 1 unspecified atom stereocenters. The van der Waals surface area contributed by atoms with Crippen molar-refractivity contribution in [3.8, 4) is 9.88 Å². The number of likely N-dealkylation sites (tertiary alicyclic amines) is 1. The Labute approximate surface area is 152 Å². The largest absolute Gasteiger partial charge is 0.480 e. The van der Waals surface area contributed by atoms with Gasteiger partial charge < -0.3 is 10.0 Å². The van der Waals surface area contributed by atoms with E-state index in [2.05, 4.69) is 4.98 Å². The van der Waals surface area contributed by atoms with Crippen LogP contribution in [0.25, 0.3) is 20.1 Å². The molecule has 4 rings (SSSR count). The summed E-state index contributed by atoms with van der Waals surface area (Å²) in [5.74, 6) is -1.15. The lowest BCUT2D eigenvalue weighted by Crippen LogP contribution is -2.50. The van der Waals surface area contributed by atoms with Crippen molar-refractivity contribution in [1.29, 1.82) is 0 Å². The Morgan fingerprint density at radius 2 is 2.00 bits per heavy atom. The number of amides is 1. The number of thiazole rings is 1. The van der Waals surface area contributed by atoms with Gasteiger partial charge in [0.25, 0.3) is 5.91 Å². The van der Waals surface area contributed by atoms with E-state index < -0.39 is 11.5 Å². The summed E-state index contributed by atoms with van der Waals surface area (Å²) in [6.07, 6.45) is 1.20. The minimum atomic E-state index is -1.11. The van der Waals surface area contributed by atoms with Crippen LogP contribution in [0.1, 0.15) is 29.4 Å². The molecule has 0 spiro atoms. The number of fused-ring (bicyclic) bond motifs is 1. The summed E-state index contributed by atoms with van der Waals surface area (Å²) in [5.41, 5.74) is -0.168. The van der Waals surface area contributed by atoms with Gasteiger partial charge in [0.1, 0.15) is 10.5 Å². The molecule has 25 heavy (non-hydrogen) atoms. The van der Waals surface area contributed by atoms with Crippen LogP contribution in [-0.2, 0) is 4.79 Å². The monoisotopic (exact) mass is 372 g/mol. The number of thiophene rings is 1. The van der Waals surface area contributed by atoms with Crippen LogP contribution in [-0.4, -0.2) is 39.0 Å². The van der Waals surface area contributed by atoms with E-state index in [4.69, 9.17) is 0 Å². The van der Waals surface area contributed by atoms with E-state index in [1.54, 1.807) is 24.3 Å². The van der Waals surface area contributed by atoms with E-state index >= 15 is 0 Å². The van der Waals surface area contributed by atoms with E-state index in [1.165, 1.54) is 16.2 Å². The summed E-state index contributed by atoms with van der Waals surface area (Å²) in [7, 11) is 0. The van der Waals surface area contributed by atoms with Gasteiger partial charge in [-0.15, -0.1) is 22.7 Å². The number of para-hydroxylation sites is 1. The molecule has 1 fully saturated rings. The number of aliphatic carboxylic acids is 1. The highest BCUT2D eigenvalue weighted by atomic mass is 32.1. The van der Waals surface area contributed by atoms with Crippen molar-refractivity contribution in [3.05, 3.63) is 41.3 Å². The van der Waals surface area contributed by atoms with E-state index in [0.29, 0.717) is 24.3 Å². The van der Waals surface area contributed by atoms with Gasteiger partial charge in [-0.2, -0.15) is 0 Å². The molecule has 1 atom stereocenters. The van der Waals surface area contributed by atoms with Crippen LogP contribution < -0.4 is 0 Å². The van der Waals surface area contributed by atoms with E-state index in [1.807, 2.05) is 30.3 Å². The Hall–Kier alpha value is -2.25. The highest BCUT2D eigenvalue weighted by molar-refractivity contribution is 7.26. The lowest BCUT2D eigenvalue weighted by molar-refractivity contribution is -0.147. The molecule has 0 radical (unpaired) electrons. The lowest BCUT2D eigenvalue weighted by Gasteiger charge is -2.30. The topological polar surface area (TPSA) is 70.5 Å². The number of benzene rings is 1. The molecule has 3 heterocycles. The number of hydrogen-bond donors (Lipinski definition) is 1. The van der Waals surface area contributed by atoms with Crippen molar-refractivity contribution in [2.45, 2.75) is 25.3 Å². The number of carboxylic acids is 1. The smallest absolute Gasteiger partial charge is 0.329 e. The van der Waals surface area contributed by atoms with E-state index in [0.717, 1.165) is 20.1 Å². The van der Waals surface area contributed by atoms with E-state index in [-0.39, 0.29) is 5.91 Å². The summed E-state index contributed by atoms with van der Waals surface area (Å²) in [6.45, 7) is 2.11. The standard InChI is InChI=1S/C18H16N2O3S2/c1-18(17(22)23)9-4-10-20(18)16(21)14-8-7-13(24-14)15-19-11-5-2-3-6-12(11)25-15/h2-3,5-8H,4,9-10H2,1H3,(H,22,23). The quantitative estimate of drug-likeness (QED) is 0.751. The molecule has 5 nitrogen and oxygen atoms in total. The average Bonchev–Trinajstić information content (AvgIpc) is 3.31. The number of carbonyl (C=O) groups is 2. The third kappa shape index (κ3) is 2.63. The van der Waals surface area contributed by atoms with Crippen molar-refractivity contribution < 1.29 is 14.7 Å². The van der Waals surface area contributed by atoms with Crippen LogP contribution in [0.15, 0.2) is 36.4 Å². The first-order valence-corrected chi connectivity index (χ1v) is 9.63. The van der Waals surface area contributed by atoms with Crippen molar-refractivity contribution in [3.63, 3.8) is 0 Å². The van der Waals surface area contributed by atoms with Crippen molar-refractivity contribution in [2.24, 2.45) is 0 Å². The number of aromatic nitrogens is 1. The molecular weight excluding hydrogens is 356 g/mol. The van der Waals surface area contributed by atoms with Gasteiger partial charge in [0.15, 0.2) is 0 Å². The second-order valence-electron chi connectivity index (χ2n) is 6.29. The van der Waals surface area contributed by atoms with Gasteiger partial charge in [0.2, 0.25) is 0 Å². The van der Waals surface area contributed by atoms with Gasteiger partial charge in [0, 0.05) is 6.54 Å². The van der Waals surface area contributed by atoms with Gasteiger partial charge in [-0.05, 0) is 44.0 Å². The highest BCUT2D eigenvalue weighted by Crippen LogP contribution is 2.37. The summed E-state index contributed by atoms with van der Waals surface area (Å²) >= 11 is 2.97. The molecule has 7 heteroatoms. The zero-order valence-electron chi connectivity index (χ0n) is 13.6. The van der Waals surface area contributed by atoms with Crippen LogP contribution in [0, 0.1) is 0 Å². The molecule has 0 bridgehead atoms. The molecule has 0 saturated carbocycles. The fourth-order valence-electron chi connectivity index (χ4n) is 3.19. The number of nitrogens with zero attached hydrogens (tertiary/aromatic N) is 2. The zero-order valence-corrected chi connectivity index (χ0v) is 15.2. The van der Waals surface area contributed by atoms with Gasteiger partial charge in [-0.25, -0.2) is 9.78 Å². The molecule has 2 aromatic heterocycles. The minimum absolute atomic E-state index is 0.209. The predicted molar refractivity (Wildman–Crippen MR) is 99.2 cm³/mol. The van der Waals surface area contributed by atoms with Crippen molar-refractivity contribution in [2.75, 3.05) is 6.54 Å². The number of carboxylic acid groups (broad SMARTS) is 1. The maximum Gasteiger partial charge on any atom is 0.329 e. The SMILES string of the molecule is CC1(C(=O)O)CCCN1C(=O)c1ccc(-c2nc3ccccc3s2)s1. The third-order valence-electron chi connectivity index (χ3n) is 4.67. The van der Waals surface area contributed by atoms with Gasteiger partial charge in [-0.1, -0.05) is 12.1 Å². The Morgan fingerprint density at radius 1 is 1.20 bits per heavy atom. The molecular formula is C18H16N2O3S2. The molecule has 3 aromatic rings. The van der Waals surface area contributed by atoms with Gasteiger partial charge in [-0.3, -0.25) is 4.79 Å². The minimum Gasteiger partial charge on any atom is -0.480 e. The molecule has 128 valence electrons. The number of hydrogen-bond acceptors (Lipinski definition) is 5. The Balaban J connectivity index is 1.64.